The van der Waals surface area contributed by atoms with Gasteiger partial charge in [-0.05, 0) is 62.3 Å². The van der Waals surface area contributed by atoms with Crippen molar-refractivity contribution >= 4 is 44.5 Å². The maximum absolute atomic E-state index is 14.0. The highest BCUT2D eigenvalue weighted by atomic mass is 79.9. The molecule has 2 N–H and O–H groups in total. The lowest BCUT2D eigenvalue weighted by atomic mass is 9.89. The Kier molecular flexibility index (Phi) is 5.38. The number of nitrogens with zero attached hydrogens (tertiary/aromatic N) is 2. The molecule has 2 aromatic carbocycles. The molecule has 1 fully saturated rings. The zero-order valence-corrected chi connectivity index (χ0v) is 21.5. The van der Waals surface area contributed by atoms with Crippen LogP contribution >= 0.6 is 15.9 Å². The van der Waals surface area contributed by atoms with Crippen LogP contribution in [0.2, 0.25) is 0 Å². The van der Waals surface area contributed by atoms with E-state index in [0.29, 0.717) is 4.47 Å². The average molecular weight is 603 g/mol. The number of carbonyl (C=O) groups excluding carboxylic acids is 1. The lowest BCUT2D eigenvalue weighted by Crippen LogP contribution is -2.33. The Balaban J connectivity index is 1.89. The van der Waals surface area contributed by atoms with Crippen molar-refractivity contribution in [3.63, 3.8) is 0 Å². The summed E-state index contributed by atoms with van der Waals surface area (Å²) in [6.07, 6.45) is -16.7. The molecule has 1 aromatic heterocycles. The van der Waals surface area contributed by atoms with Crippen LogP contribution in [0, 0.1) is 6.92 Å². The van der Waals surface area contributed by atoms with Crippen molar-refractivity contribution in [2.24, 2.45) is 0 Å². The number of nitrogens with one attached hydrogen (secondary N) is 1. The second kappa shape index (κ2) is 11.7. The van der Waals surface area contributed by atoms with Gasteiger partial charge in [0.1, 0.15) is 5.82 Å². The first-order chi connectivity index (χ1) is 21.8. The SMILES string of the molecule is [2H]C1([2H])N(c2nc3ccc(Br)cc3c(C(=O)NCC(CCC(=O)O)c3ccccc3C(F)(F)F)c2C)C([2H])([2H])C([2H])([2H])C([2H])([2H])C1([2H])[2H]. The fourth-order valence-corrected chi connectivity index (χ4v) is 4.60. The Labute approximate surface area is 241 Å². The van der Waals surface area contributed by atoms with Crippen LogP contribution in [0.3, 0.4) is 0 Å². The Morgan fingerprint density at radius 3 is 2.58 bits per heavy atom. The van der Waals surface area contributed by atoms with Crippen LogP contribution in [-0.2, 0) is 11.0 Å². The average Bonchev–Trinajstić information content (AvgIpc) is 2.96. The monoisotopic (exact) mass is 601 g/mol. The Morgan fingerprint density at radius 2 is 1.89 bits per heavy atom. The third-order valence-electron chi connectivity index (χ3n) is 5.99. The van der Waals surface area contributed by atoms with E-state index in [-0.39, 0.29) is 38.9 Å². The van der Waals surface area contributed by atoms with Gasteiger partial charge in [0.15, 0.2) is 0 Å². The van der Waals surface area contributed by atoms with Gasteiger partial charge in [-0.15, -0.1) is 0 Å². The van der Waals surface area contributed by atoms with Crippen LogP contribution in [0.25, 0.3) is 10.9 Å². The molecule has 2 heterocycles. The van der Waals surface area contributed by atoms with Crippen molar-refractivity contribution in [3.8, 4) is 0 Å². The number of carboxylic acid groups (broad SMARTS) is 1. The van der Waals surface area contributed by atoms with E-state index in [0.717, 1.165) is 6.07 Å². The van der Waals surface area contributed by atoms with E-state index in [1.54, 1.807) is 0 Å². The summed E-state index contributed by atoms with van der Waals surface area (Å²) in [5.74, 6) is -4.12. The number of hydrogen-bond acceptors (Lipinski definition) is 4. The lowest BCUT2D eigenvalue weighted by Gasteiger charge is -2.30. The third-order valence-corrected chi connectivity index (χ3v) is 6.48. The second-order valence-corrected chi connectivity index (χ2v) is 9.37. The molecule has 6 nitrogen and oxygen atoms in total. The molecule has 4 rings (SSSR count). The van der Waals surface area contributed by atoms with Crippen molar-refractivity contribution in [2.45, 2.75) is 51.0 Å². The number of benzene rings is 2. The number of carbonyl (C=O) groups is 2. The van der Waals surface area contributed by atoms with Gasteiger partial charge in [0.2, 0.25) is 0 Å². The molecule has 0 radical (unpaired) electrons. The predicted molar refractivity (Wildman–Crippen MR) is 144 cm³/mol. The number of amides is 1. The number of aliphatic carboxylic acids is 1. The predicted octanol–water partition coefficient (Wildman–Crippen LogP) is 6.69. The van der Waals surface area contributed by atoms with Gasteiger partial charge in [0.25, 0.3) is 5.91 Å². The van der Waals surface area contributed by atoms with E-state index < -0.39 is 80.4 Å². The highest BCUT2D eigenvalue weighted by molar-refractivity contribution is 9.10. The topological polar surface area (TPSA) is 82.5 Å². The smallest absolute Gasteiger partial charge is 0.416 e. The summed E-state index contributed by atoms with van der Waals surface area (Å²) in [6, 6.07) is 8.77. The van der Waals surface area contributed by atoms with Gasteiger partial charge in [-0.1, -0.05) is 34.1 Å². The minimum atomic E-state index is -4.79. The number of anilines is 1. The molecule has 0 bridgehead atoms. The first kappa shape index (κ1) is 17.4. The van der Waals surface area contributed by atoms with Crippen molar-refractivity contribution < 1.29 is 41.6 Å². The fourth-order valence-electron chi connectivity index (χ4n) is 4.24. The molecule has 1 aliphatic rings. The Bertz CT molecular complexity index is 1750. The zero-order chi connectivity index (χ0) is 36.4. The quantitative estimate of drug-likeness (QED) is 0.300. The Morgan fingerprint density at radius 1 is 1.18 bits per heavy atom. The van der Waals surface area contributed by atoms with Gasteiger partial charge in [-0.3, -0.25) is 9.59 Å². The molecule has 0 saturated carbocycles. The van der Waals surface area contributed by atoms with Gasteiger partial charge < -0.3 is 15.3 Å². The molecular formula is C28H29BrF3N3O3. The molecule has 1 amide bonds. The molecule has 1 saturated heterocycles. The molecule has 1 aliphatic heterocycles. The normalized spacial score (nSPS) is 25.4. The van der Waals surface area contributed by atoms with Crippen LogP contribution in [0.4, 0.5) is 19.0 Å². The second-order valence-electron chi connectivity index (χ2n) is 8.46. The van der Waals surface area contributed by atoms with Gasteiger partial charge in [-0.25, -0.2) is 4.98 Å². The molecule has 1 unspecified atom stereocenters. The number of pyridine rings is 1. The minimum absolute atomic E-state index is 0.0458. The van der Waals surface area contributed by atoms with Crippen molar-refractivity contribution in [2.75, 3.05) is 24.4 Å². The number of piperidine rings is 1. The van der Waals surface area contributed by atoms with Crippen LogP contribution in [0.5, 0.6) is 0 Å². The highest BCUT2D eigenvalue weighted by Gasteiger charge is 2.35. The number of halogens is 4. The van der Waals surface area contributed by atoms with E-state index in [2.05, 4.69) is 26.2 Å². The maximum atomic E-state index is 14.0. The summed E-state index contributed by atoms with van der Waals surface area (Å²) in [5.41, 5.74) is -1.92. The molecule has 0 aliphatic carbocycles. The number of fused-ring (bicyclic) bond motifs is 1. The van der Waals surface area contributed by atoms with Crippen molar-refractivity contribution in [3.05, 3.63) is 69.2 Å². The molecule has 202 valence electrons. The number of hydrogen-bond donors (Lipinski definition) is 2. The van der Waals surface area contributed by atoms with E-state index in [9.17, 15) is 27.9 Å². The highest BCUT2D eigenvalue weighted by Crippen LogP contribution is 2.37. The Hall–Kier alpha value is -3.14. The van der Waals surface area contributed by atoms with E-state index in [1.807, 2.05) is 0 Å². The molecule has 38 heavy (non-hydrogen) atoms. The number of aromatic nitrogens is 1. The molecule has 3 aromatic rings. The zero-order valence-electron chi connectivity index (χ0n) is 29.9. The van der Waals surface area contributed by atoms with Gasteiger partial charge >= 0.3 is 12.1 Å². The maximum Gasteiger partial charge on any atom is 0.416 e. The lowest BCUT2D eigenvalue weighted by molar-refractivity contribution is -0.138. The molecule has 10 heteroatoms. The van der Waals surface area contributed by atoms with E-state index in [4.69, 9.17) is 13.7 Å². The first-order valence-electron chi connectivity index (χ1n) is 16.4. The minimum Gasteiger partial charge on any atom is -0.481 e. The number of alkyl halides is 3. The van der Waals surface area contributed by atoms with E-state index >= 15 is 0 Å². The largest absolute Gasteiger partial charge is 0.481 e. The summed E-state index contributed by atoms with van der Waals surface area (Å²) < 4.78 is 126. The summed E-state index contributed by atoms with van der Waals surface area (Å²) in [6.45, 7) is -6.48. The van der Waals surface area contributed by atoms with E-state index in [1.165, 1.54) is 43.3 Å². The first-order valence-corrected chi connectivity index (χ1v) is 12.2. The number of carboxylic acids is 1. The van der Waals surface area contributed by atoms with Gasteiger partial charge in [-0.2, -0.15) is 13.2 Å². The molecule has 0 spiro atoms. The summed E-state index contributed by atoms with van der Waals surface area (Å²) in [4.78, 5) is 29.6. The van der Waals surface area contributed by atoms with Crippen LogP contribution < -0.4 is 10.2 Å². The van der Waals surface area contributed by atoms with Crippen LogP contribution in [0.15, 0.2) is 46.9 Å². The summed E-state index contributed by atoms with van der Waals surface area (Å²) >= 11 is 3.27. The van der Waals surface area contributed by atoms with Gasteiger partial charge in [0, 0.05) is 61.0 Å². The third kappa shape index (κ3) is 6.28. The van der Waals surface area contributed by atoms with Crippen LogP contribution in [0.1, 0.15) is 78.6 Å². The van der Waals surface area contributed by atoms with Crippen molar-refractivity contribution in [1.29, 1.82) is 0 Å². The molecule has 1 atom stereocenters. The standard InChI is InChI=1S/C28H29BrF3N3O3/c1-17-25(21-15-19(29)10-11-23(21)34-26(17)35-13-5-2-6-14-35)27(38)33-16-18(9-12-24(36)37)20-7-3-4-8-22(20)28(30,31)32/h3-4,7-8,10-11,15,18H,2,5-6,9,12-14,16H2,1H3,(H,33,38)(H,36,37)/i2D2,5D2,6D2,13D2,14D2. The van der Waals surface area contributed by atoms with Gasteiger partial charge in [0.05, 0.1) is 16.6 Å². The van der Waals surface area contributed by atoms with Crippen LogP contribution in [-0.4, -0.2) is 41.5 Å². The van der Waals surface area contributed by atoms with Crippen molar-refractivity contribution in [1.82, 2.24) is 10.3 Å². The molecular weight excluding hydrogens is 563 g/mol. The summed E-state index contributed by atoms with van der Waals surface area (Å²) in [7, 11) is 0. The summed E-state index contributed by atoms with van der Waals surface area (Å²) in [5, 5.41) is 11.9. The number of rotatable bonds is 8. The fraction of sp³-hybridized carbons (Fsp3) is 0.393.